The van der Waals surface area contributed by atoms with Crippen LogP contribution in [0.5, 0.6) is 0 Å². The van der Waals surface area contributed by atoms with Gasteiger partial charge in [0.15, 0.2) is 0 Å². The Morgan fingerprint density at radius 1 is 1.54 bits per heavy atom. The van der Waals surface area contributed by atoms with E-state index in [1.165, 1.54) is 19.3 Å². The molecule has 1 saturated carbocycles. The molecule has 1 N–H and O–H groups in total. The van der Waals surface area contributed by atoms with Crippen molar-refractivity contribution in [2.45, 2.75) is 30.6 Å². The fourth-order valence-corrected chi connectivity index (χ4v) is 3.04. The smallest absolute Gasteiger partial charge is 0.317 e. The summed E-state index contributed by atoms with van der Waals surface area (Å²) in [5, 5.41) is 3.64. The number of amides is 2. The zero-order chi connectivity index (χ0) is 9.26. The Morgan fingerprint density at radius 2 is 2.38 bits per heavy atom. The highest BCUT2D eigenvalue weighted by Gasteiger charge is 2.33. The molecular weight excluding hydrogens is 184 g/mol. The van der Waals surface area contributed by atoms with Gasteiger partial charge in [-0.05, 0) is 25.5 Å². The van der Waals surface area contributed by atoms with E-state index in [2.05, 4.69) is 11.6 Å². The van der Waals surface area contributed by atoms with E-state index in [1.54, 1.807) is 0 Å². The molecule has 0 aromatic rings. The monoisotopic (exact) mass is 200 g/mol. The topological polar surface area (TPSA) is 32.3 Å². The van der Waals surface area contributed by atoms with E-state index < -0.39 is 0 Å². The van der Waals surface area contributed by atoms with E-state index >= 15 is 0 Å². The summed E-state index contributed by atoms with van der Waals surface area (Å²) >= 11 is 1.94. The Bertz CT molecular complexity index is 210. The molecule has 13 heavy (non-hydrogen) atoms. The zero-order valence-electron chi connectivity index (χ0n) is 7.95. The average molecular weight is 200 g/mol. The number of thioether (sulfide) groups is 1. The van der Waals surface area contributed by atoms with Crippen LogP contribution < -0.4 is 5.32 Å². The minimum Gasteiger partial charge on any atom is -0.336 e. The lowest BCUT2D eigenvalue weighted by Gasteiger charge is -2.22. The number of hydrogen-bond donors (Lipinski definition) is 1. The second-order valence-corrected chi connectivity index (χ2v) is 4.89. The van der Waals surface area contributed by atoms with Crippen LogP contribution in [-0.4, -0.2) is 41.6 Å². The summed E-state index contributed by atoms with van der Waals surface area (Å²) in [5.41, 5.74) is 0. The van der Waals surface area contributed by atoms with Crippen LogP contribution in [0.3, 0.4) is 0 Å². The van der Waals surface area contributed by atoms with Crippen molar-refractivity contribution in [2.24, 2.45) is 0 Å². The summed E-state index contributed by atoms with van der Waals surface area (Å²) in [5.74, 6) is 0. The second kappa shape index (κ2) is 3.78. The molecule has 1 heterocycles. The van der Waals surface area contributed by atoms with Gasteiger partial charge in [0.2, 0.25) is 0 Å². The van der Waals surface area contributed by atoms with E-state index in [0.29, 0.717) is 6.04 Å². The quantitative estimate of drug-likeness (QED) is 0.728. The summed E-state index contributed by atoms with van der Waals surface area (Å²) in [6.07, 6.45) is 5.82. The number of carbonyl (C=O) groups excluding carboxylic acids is 1. The fraction of sp³-hybridized carbons (Fsp3) is 0.889. The summed E-state index contributed by atoms with van der Waals surface area (Å²) in [6, 6.07) is 0.659. The average Bonchev–Trinajstić information content (AvgIpc) is 2.71. The first-order valence-corrected chi connectivity index (χ1v) is 6.17. The van der Waals surface area contributed by atoms with E-state index in [9.17, 15) is 4.79 Å². The van der Waals surface area contributed by atoms with Gasteiger partial charge in [0.25, 0.3) is 0 Å². The van der Waals surface area contributed by atoms with E-state index in [-0.39, 0.29) is 6.03 Å². The van der Waals surface area contributed by atoms with Gasteiger partial charge in [0, 0.05) is 24.4 Å². The van der Waals surface area contributed by atoms with Crippen molar-refractivity contribution in [3.63, 3.8) is 0 Å². The first-order valence-electron chi connectivity index (χ1n) is 4.88. The minimum atomic E-state index is 0.145. The first-order chi connectivity index (χ1) is 6.31. The van der Waals surface area contributed by atoms with E-state index in [1.807, 2.05) is 16.7 Å². The fourth-order valence-electron chi connectivity index (χ4n) is 2.25. The number of carbonyl (C=O) groups is 1. The van der Waals surface area contributed by atoms with E-state index in [0.717, 1.165) is 18.3 Å². The molecule has 3 nitrogen and oxygen atoms in total. The van der Waals surface area contributed by atoms with Crippen LogP contribution in [0.15, 0.2) is 0 Å². The van der Waals surface area contributed by atoms with Gasteiger partial charge >= 0.3 is 6.03 Å². The number of urea groups is 1. The molecule has 2 rings (SSSR count). The molecule has 1 aliphatic heterocycles. The van der Waals surface area contributed by atoms with Gasteiger partial charge in [-0.1, -0.05) is 0 Å². The van der Waals surface area contributed by atoms with Crippen LogP contribution in [0, 0.1) is 0 Å². The Hall–Kier alpha value is -0.380. The molecule has 0 aromatic heterocycles. The van der Waals surface area contributed by atoms with Gasteiger partial charge in [-0.2, -0.15) is 11.8 Å². The van der Waals surface area contributed by atoms with Crippen molar-refractivity contribution < 1.29 is 4.79 Å². The Balaban J connectivity index is 1.91. The molecule has 2 unspecified atom stereocenters. The summed E-state index contributed by atoms with van der Waals surface area (Å²) in [4.78, 5) is 13.4. The van der Waals surface area contributed by atoms with Crippen LogP contribution in [0.25, 0.3) is 0 Å². The van der Waals surface area contributed by atoms with Crippen molar-refractivity contribution in [2.75, 3.05) is 19.3 Å². The molecular formula is C9H16N2OS. The summed E-state index contributed by atoms with van der Waals surface area (Å²) in [6.45, 7) is 1.74. The molecule has 4 heteroatoms. The maximum absolute atomic E-state index is 11.4. The van der Waals surface area contributed by atoms with Crippen molar-refractivity contribution >= 4 is 17.8 Å². The molecule has 0 radical (unpaired) electrons. The van der Waals surface area contributed by atoms with Crippen molar-refractivity contribution in [3.05, 3.63) is 0 Å². The van der Waals surface area contributed by atoms with Gasteiger partial charge < -0.3 is 10.2 Å². The molecule has 0 aromatic carbocycles. The molecule has 2 amide bonds. The summed E-state index contributed by atoms with van der Waals surface area (Å²) in [7, 11) is 0. The standard InChI is InChI=1S/C9H16N2OS/c1-13-8-3-2-7(6-8)11-5-4-10-9(11)12/h7-8H,2-6H2,1H3,(H,10,12). The number of rotatable bonds is 2. The lowest BCUT2D eigenvalue weighted by Crippen LogP contribution is -2.36. The highest BCUT2D eigenvalue weighted by Crippen LogP contribution is 2.31. The van der Waals surface area contributed by atoms with Gasteiger partial charge in [0.05, 0.1) is 0 Å². The van der Waals surface area contributed by atoms with Crippen LogP contribution in [0.1, 0.15) is 19.3 Å². The zero-order valence-corrected chi connectivity index (χ0v) is 8.77. The van der Waals surface area contributed by atoms with Gasteiger partial charge in [-0.3, -0.25) is 0 Å². The molecule has 74 valence electrons. The van der Waals surface area contributed by atoms with Crippen molar-refractivity contribution in [1.29, 1.82) is 0 Å². The minimum absolute atomic E-state index is 0.145. The van der Waals surface area contributed by atoms with Crippen LogP contribution in [-0.2, 0) is 0 Å². The largest absolute Gasteiger partial charge is 0.336 e. The number of nitrogens with one attached hydrogen (secondary N) is 1. The third kappa shape index (κ3) is 1.77. The maximum atomic E-state index is 11.4. The van der Waals surface area contributed by atoms with Crippen LogP contribution >= 0.6 is 11.8 Å². The third-order valence-corrected chi connectivity index (χ3v) is 4.12. The number of nitrogens with zero attached hydrogens (tertiary/aromatic N) is 1. The van der Waals surface area contributed by atoms with Crippen LogP contribution in [0.4, 0.5) is 4.79 Å². The molecule has 2 aliphatic rings. The SMILES string of the molecule is CSC1CCC(N2CCNC2=O)C1. The third-order valence-electron chi connectivity index (χ3n) is 3.02. The number of hydrogen-bond acceptors (Lipinski definition) is 2. The van der Waals surface area contributed by atoms with Crippen molar-refractivity contribution in [1.82, 2.24) is 10.2 Å². The molecule has 1 aliphatic carbocycles. The predicted molar refractivity (Wildman–Crippen MR) is 55.0 cm³/mol. The Morgan fingerprint density at radius 3 is 2.92 bits per heavy atom. The molecule has 1 saturated heterocycles. The van der Waals surface area contributed by atoms with Gasteiger partial charge in [-0.25, -0.2) is 4.79 Å². The summed E-state index contributed by atoms with van der Waals surface area (Å²) < 4.78 is 0. The van der Waals surface area contributed by atoms with Crippen LogP contribution in [0.2, 0.25) is 0 Å². The predicted octanol–water partition coefficient (Wildman–Crippen LogP) is 1.30. The van der Waals surface area contributed by atoms with Gasteiger partial charge in [0.1, 0.15) is 0 Å². The highest BCUT2D eigenvalue weighted by molar-refractivity contribution is 7.99. The lowest BCUT2D eigenvalue weighted by molar-refractivity contribution is 0.199. The maximum Gasteiger partial charge on any atom is 0.317 e. The highest BCUT2D eigenvalue weighted by atomic mass is 32.2. The lowest BCUT2D eigenvalue weighted by atomic mass is 10.2. The Labute approximate surface area is 83.2 Å². The normalized spacial score (nSPS) is 33.9. The molecule has 2 atom stereocenters. The second-order valence-electron chi connectivity index (χ2n) is 3.75. The molecule has 0 spiro atoms. The van der Waals surface area contributed by atoms with Gasteiger partial charge in [-0.15, -0.1) is 0 Å². The van der Waals surface area contributed by atoms with Crippen molar-refractivity contribution in [3.8, 4) is 0 Å². The van der Waals surface area contributed by atoms with E-state index in [4.69, 9.17) is 0 Å². The molecule has 0 bridgehead atoms. The first kappa shape index (κ1) is 9.19. The Kier molecular flexibility index (Phi) is 2.67. The molecule has 2 fully saturated rings.